The molecule has 0 bridgehead atoms. The van der Waals surface area contributed by atoms with Gasteiger partial charge in [-0.25, -0.2) is 0 Å². The number of carbonyl (C=O) groups is 1. The lowest BCUT2D eigenvalue weighted by Gasteiger charge is -2.61. The molecule has 0 aromatic heterocycles. The minimum Gasteiger partial charge on any atom is -0.393 e. The van der Waals surface area contributed by atoms with Crippen LogP contribution >= 0.6 is 15.9 Å². The summed E-state index contributed by atoms with van der Waals surface area (Å²) in [5.74, 6) is 5.13. The van der Waals surface area contributed by atoms with Crippen molar-refractivity contribution in [3.05, 3.63) is 33.8 Å². The van der Waals surface area contributed by atoms with E-state index in [-0.39, 0.29) is 6.10 Å². The summed E-state index contributed by atoms with van der Waals surface area (Å²) >= 11 is 3.58. The maximum absolute atomic E-state index is 13.2. The van der Waals surface area contributed by atoms with Crippen LogP contribution in [0.3, 0.4) is 0 Å². The van der Waals surface area contributed by atoms with E-state index in [0.29, 0.717) is 29.1 Å². The number of aliphatic hydroxyl groups excluding tert-OH is 1. The van der Waals surface area contributed by atoms with Crippen LogP contribution in [0.25, 0.3) is 0 Å². The zero-order valence-electron chi connectivity index (χ0n) is 23.4. The van der Waals surface area contributed by atoms with Gasteiger partial charge in [-0.05, 0) is 140 Å². The average Bonchev–Trinajstić information content (AvgIpc) is 3.24. The van der Waals surface area contributed by atoms with Crippen LogP contribution in [-0.2, 0) is 17.8 Å². The summed E-state index contributed by atoms with van der Waals surface area (Å²) in [7, 11) is 0. The minimum absolute atomic E-state index is 0.0512. The van der Waals surface area contributed by atoms with Crippen molar-refractivity contribution in [3.8, 4) is 0 Å². The van der Waals surface area contributed by atoms with Gasteiger partial charge in [0.05, 0.1) is 6.10 Å². The van der Waals surface area contributed by atoms with Crippen LogP contribution in [0.4, 0.5) is 0 Å². The third-order valence-corrected chi connectivity index (χ3v) is 13.2. The van der Waals surface area contributed by atoms with Gasteiger partial charge in [-0.3, -0.25) is 4.79 Å². The monoisotopic (exact) mass is 569 g/mol. The zero-order valence-corrected chi connectivity index (χ0v) is 24.9. The molecule has 3 nitrogen and oxygen atoms in total. The molecule has 1 N–H and O–H groups in total. The van der Waals surface area contributed by atoms with E-state index in [4.69, 9.17) is 0 Å². The molecule has 6 rings (SSSR count). The van der Waals surface area contributed by atoms with Crippen molar-refractivity contribution in [2.75, 3.05) is 6.54 Å². The Morgan fingerprint density at radius 3 is 2.68 bits per heavy atom. The fourth-order valence-corrected chi connectivity index (χ4v) is 11.1. The molecule has 1 aliphatic heterocycles. The maximum atomic E-state index is 13.2. The number of benzene rings is 1. The second-order valence-electron chi connectivity index (χ2n) is 14.3. The molecule has 204 valence electrons. The smallest absolute Gasteiger partial charge is 0.222 e. The summed E-state index contributed by atoms with van der Waals surface area (Å²) in [6, 6.07) is 6.50. The molecular formula is C33H48BrNO2. The minimum atomic E-state index is -0.0512. The lowest BCUT2D eigenvalue weighted by atomic mass is 9.44. The van der Waals surface area contributed by atoms with Gasteiger partial charge in [0, 0.05) is 24.0 Å². The van der Waals surface area contributed by atoms with Crippen molar-refractivity contribution in [3.63, 3.8) is 0 Å². The predicted octanol–water partition coefficient (Wildman–Crippen LogP) is 7.77. The second-order valence-corrected chi connectivity index (χ2v) is 15.2. The number of hydrogen-bond donors (Lipinski definition) is 1. The molecule has 0 saturated heterocycles. The Balaban J connectivity index is 1.08. The number of aliphatic hydroxyl groups is 1. The van der Waals surface area contributed by atoms with E-state index in [1.165, 1.54) is 56.1 Å². The predicted molar refractivity (Wildman–Crippen MR) is 153 cm³/mol. The summed E-state index contributed by atoms with van der Waals surface area (Å²) in [6.07, 6.45) is 14.3. The van der Waals surface area contributed by atoms with Crippen molar-refractivity contribution < 1.29 is 9.90 Å². The van der Waals surface area contributed by atoms with Crippen molar-refractivity contribution in [1.82, 2.24) is 4.90 Å². The molecule has 1 amide bonds. The molecule has 1 aromatic carbocycles. The summed E-state index contributed by atoms with van der Waals surface area (Å²) < 4.78 is 1.14. The quantitative estimate of drug-likeness (QED) is 0.402. The number of fused-ring (bicyclic) bond motifs is 6. The van der Waals surface area contributed by atoms with Crippen LogP contribution in [0.5, 0.6) is 0 Å². The summed E-state index contributed by atoms with van der Waals surface area (Å²) in [5, 5.41) is 10.3. The van der Waals surface area contributed by atoms with E-state index in [1.807, 2.05) is 0 Å². The van der Waals surface area contributed by atoms with E-state index >= 15 is 0 Å². The molecule has 4 fully saturated rings. The van der Waals surface area contributed by atoms with E-state index in [9.17, 15) is 9.90 Å². The molecule has 0 spiro atoms. The van der Waals surface area contributed by atoms with Crippen molar-refractivity contribution in [2.24, 2.45) is 46.3 Å². The van der Waals surface area contributed by atoms with Crippen LogP contribution in [0, 0.1) is 46.3 Å². The molecule has 9 atom stereocenters. The number of amides is 1. The van der Waals surface area contributed by atoms with Gasteiger partial charge < -0.3 is 10.0 Å². The molecular weight excluding hydrogens is 522 g/mol. The number of carbonyl (C=O) groups excluding carboxylic acids is 1. The van der Waals surface area contributed by atoms with E-state index < -0.39 is 0 Å². The number of halogens is 1. The number of rotatable bonds is 4. The van der Waals surface area contributed by atoms with Crippen molar-refractivity contribution >= 4 is 21.8 Å². The highest BCUT2D eigenvalue weighted by atomic mass is 79.9. The van der Waals surface area contributed by atoms with Crippen molar-refractivity contribution in [2.45, 2.75) is 110 Å². The van der Waals surface area contributed by atoms with Gasteiger partial charge in [0.15, 0.2) is 0 Å². The van der Waals surface area contributed by atoms with E-state index in [0.717, 1.165) is 72.8 Å². The Morgan fingerprint density at radius 1 is 1.05 bits per heavy atom. The first-order chi connectivity index (χ1) is 17.7. The van der Waals surface area contributed by atoms with Gasteiger partial charge in [0.1, 0.15) is 0 Å². The standard InChI is InChI=1S/C33H48BrNO2/c1-21(4-11-31(37)35-17-14-22-18-25(34)7-5-23(22)20-35)28-9-10-29-27-8-6-24-19-26(36)12-15-32(24,2)30(27)13-16-33(28,29)3/h5,7,18,21,24,26-30,36H,4,6,8-17,19-20H2,1-3H3/t21-,24?,26-,27?,28-,29?,30?,32?,33?/m1/s1. The maximum Gasteiger partial charge on any atom is 0.222 e. The average molecular weight is 571 g/mol. The van der Waals surface area contributed by atoms with E-state index in [1.54, 1.807) is 0 Å². The van der Waals surface area contributed by atoms with Crippen molar-refractivity contribution in [1.29, 1.82) is 0 Å². The third kappa shape index (κ3) is 4.54. The molecule has 6 unspecified atom stereocenters. The Hall–Kier alpha value is -0.870. The zero-order chi connectivity index (χ0) is 25.9. The first-order valence-corrected chi connectivity index (χ1v) is 16.2. The topological polar surface area (TPSA) is 40.5 Å². The van der Waals surface area contributed by atoms with E-state index in [2.05, 4.69) is 59.8 Å². The highest BCUT2D eigenvalue weighted by molar-refractivity contribution is 9.10. The SMILES string of the molecule is C[C@H](CCC(=O)N1CCc2cc(Br)ccc2C1)[C@H]1CCC2C3CCC4C[C@H](O)CCC4(C)C3CCC21C. The first kappa shape index (κ1) is 26.4. The highest BCUT2D eigenvalue weighted by Gasteiger charge is 2.60. The summed E-state index contributed by atoms with van der Waals surface area (Å²) in [6.45, 7) is 9.34. The Bertz CT molecular complexity index is 1030. The molecule has 0 radical (unpaired) electrons. The molecule has 4 aliphatic carbocycles. The van der Waals surface area contributed by atoms with Gasteiger partial charge in [-0.2, -0.15) is 0 Å². The fourth-order valence-electron chi connectivity index (χ4n) is 10.7. The fraction of sp³-hybridized carbons (Fsp3) is 0.788. The molecule has 37 heavy (non-hydrogen) atoms. The lowest BCUT2D eigenvalue weighted by molar-refractivity contribution is -0.134. The molecule has 4 heteroatoms. The largest absolute Gasteiger partial charge is 0.393 e. The van der Waals surface area contributed by atoms with Crippen LogP contribution in [0.15, 0.2) is 22.7 Å². The Labute approximate surface area is 233 Å². The molecule has 1 heterocycles. The normalized spacial score (nSPS) is 41.8. The summed E-state index contributed by atoms with van der Waals surface area (Å²) in [5.41, 5.74) is 3.62. The third-order valence-electron chi connectivity index (χ3n) is 12.7. The van der Waals surface area contributed by atoms with Crippen LogP contribution in [0.2, 0.25) is 0 Å². The first-order valence-electron chi connectivity index (χ1n) is 15.4. The van der Waals surface area contributed by atoms with Crippen LogP contribution in [0.1, 0.15) is 103 Å². The molecule has 1 aromatic rings. The van der Waals surface area contributed by atoms with Gasteiger partial charge in [0.2, 0.25) is 5.91 Å². The van der Waals surface area contributed by atoms with Gasteiger partial charge in [-0.15, -0.1) is 0 Å². The number of nitrogens with zero attached hydrogens (tertiary/aromatic N) is 1. The Morgan fingerprint density at radius 2 is 1.84 bits per heavy atom. The Kier molecular flexibility index (Phi) is 7.09. The van der Waals surface area contributed by atoms with Gasteiger partial charge in [-0.1, -0.05) is 42.8 Å². The van der Waals surface area contributed by atoms with Gasteiger partial charge >= 0.3 is 0 Å². The number of hydrogen-bond acceptors (Lipinski definition) is 2. The second kappa shape index (κ2) is 9.95. The molecule has 4 saturated carbocycles. The highest BCUT2D eigenvalue weighted by Crippen LogP contribution is 2.68. The molecule has 5 aliphatic rings. The summed E-state index contributed by atoms with van der Waals surface area (Å²) in [4.78, 5) is 15.3. The van der Waals surface area contributed by atoms with Crippen LogP contribution in [-0.4, -0.2) is 28.6 Å². The van der Waals surface area contributed by atoms with Crippen LogP contribution < -0.4 is 0 Å². The van der Waals surface area contributed by atoms with Gasteiger partial charge in [0.25, 0.3) is 0 Å². The lowest BCUT2D eigenvalue weighted by Crippen LogP contribution is -2.54.